The minimum atomic E-state index is -1.05. The van der Waals surface area contributed by atoms with E-state index in [-0.39, 0.29) is 16.9 Å². The number of carbonyl (C=O) groups is 2. The predicted octanol–water partition coefficient (Wildman–Crippen LogP) is 3.11. The summed E-state index contributed by atoms with van der Waals surface area (Å²) >= 11 is 0. The number of amides is 1. The molecule has 0 radical (unpaired) electrons. The number of rotatable bonds is 5. The lowest BCUT2D eigenvalue weighted by Gasteiger charge is -2.02. The third kappa shape index (κ3) is 3.62. The van der Waals surface area contributed by atoms with Gasteiger partial charge in [0.25, 0.3) is 5.91 Å². The molecule has 0 fully saturated rings. The van der Waals surface area contributed by atoms with Crippen molar-refractivity contribution in [2.45, 2.75) is 0 Å². The maximum absolute atomic E-state index is 11.9. The van der Waals surface area contributed by atoms with Crippen molar-refractivity contribution in [1.29, 1.82) is 0 Å². The first-order chi connectivity index (χ1) is 12.6. The number of aromatic carboxylic acids is 1. The van der Waals surface area contributed by atoms with Crippen LogP contribution >= 0.6 is 0 Å². The summed E-state index contributed by atoms with van der Waals surface area (Å²) in [6, 6.07) is 15.8. The second-order valence-corrected chi connectivity index (χ2v) is 5.27. The second kappa shape index (κ2) is 7.35. The van der Waals surface area contributed by atoms with Crippen molar-refractivity contribution in [1.82, 2.24) is 5.43 Å². The van der Waals surface area contributed by atoms with E-state index in [2.05, 4.69) is 10.5 Å². The number of hydrazone groups is 1. The van der Waals surface area contributed by atoms with Crippen molar-refractivity contribution in [3.63, 3.8) is 0 Å². The summed E-state index contributed by atoms with van der Waals surface area (Å²) in [5.41, 5.74) is 2.95. The Bertz CT molecular complexity index is 991. The molecule has 0 saturated heterocycles. The number of carboxylic acids is 1. The maximum atomic E-state index is 11.9. The Morgan fingerprint density at radius 3 is 2.38 bits per heavy atom. The lowest BCUT2D eigenvalue weighted by molar-refractivity contribution is 0.0697. The molecule has 2 aromatic carbocycles. The number of para-hydroxylation sites is 1. The maximum Gasteiger partial charge on any atom is 0.336 e. The predicted molar refractivity (Wildman–Crippen MR) is 94.3 cm³/mol. The van der Waals surface area contributed by atoms with E-state index in [4.69, 9.17) is 4.42 Å². The second-order valence-electron chi connectivity index (χ2n) is 5.27. The molecule has 3 rings (SSSR count). The van der Waals surface area contributed by atoms with E-state index in [1.165, 1.54) is 24.4 Å². The van der Waals surface area contributed by atoms with Gasteiger partial charge in [-0.25, -0.2) is 10.2 Å². The van der Waals surface area contributed by atoms with Crippen LogP contribution in [0.2, 0.25) is 0 Å². The summed E-state index contributed by atoms with van der Waals surface area (Å²) in [5.74, 6) is -1.07. The van der Waals surface area contributed by atoms with Crippen LogP contribution in [-0.2, 0) is 0 Å². The average molecular weight is 350 g/mol. The molecular formula is C19H14N2O5. The van der Waals surface area contributed by atoms with Gasteiger partial charge < -0.3 is 14.6 Å². The van der Waals surface area contributed by atoms with Crippen LogP contribution in [0.5, 0.6) is 5.75 Å². The summed E-state index contributed by atoms with van der Waals surface area (Å²) < 4.78 is 5.56. The molecule has 1 aromatic heterocycles. The fourth-order valence-electron chi connectivity index (χ4n) is 2.33. The van der Waals surface area contributed by atoms with E-state index < -0.39 is 11.9 Å². The van der Waals surface area contributed by atoms with Gasteiger partial charge >= 0.3 is 5.97 Å². The number of phenols is 1. The Kier molecular flexibility index (Phi) is 4.80. The fourth-order valence-corrected chi connectivity index (χ4v) is 2.33. The molecule has 1 amide bonds. The Balaban J connectivity index is 1.73. The van der Waals surface area contributed by atoms with E-state index in [9.17, 15) is 19.8 Å². The lowest BCUT2D eigenvalue weighted by atomic mass is 10.1. The van der Waals surface area contributed by atoms with Crippen LogP contribution in [0.15, 0.2) is 70.2 Å². The molecule has 3 N–H and O–H groups in total. The third-order valence-corrected chi connectivity index (χ3v) is 3.56. The molecule has 0 atom stereocenters. The zero-order valence-corrected chi connectivity index (χ0v) is 13.4. The summed E-state index contributed by atoms with van der Waals surface area (Å²) in [4.78, 5) is 23.2. The van der Waals surface area contributed by atoms with Gasteiger partial charge in [-0.3, -0.25) is 4.79 Å². The summed E-state index contributed by atoms with van der Waals surface area (Å²) in [6.07, 6.45) is 1.28. The molecule has 0 unspecified atom stereocenters. The van der Waals surface area contributed by atoms with E-state index in [1.54, 1.807) is 42.5 Å². The molecule has 26 heavy (non-hydrogen) atoms. The van der Waals surface area contributed by atoms with E-state index in [1.807, 2.05) is 0 Å². The third-order valence-electron chi connectivity index (χ3n) is 3.56. The number of hydrogen-bond acceptors (Lipinski definition) is 5. The van der Waals surface area contributed by atoms with Crippen LogP contribution in [-0.4, -0.2) is 28.3 Å². The SMILES string of the molecule is O=C(N/N=C\c1ccc(-c2ccccc2C(=O)O)o1)c1ccccc1O. The normalized spacial score (nSPS) is 10.8. The van der Waals surface area contributed by atoms with Crippen LogP contribution in [0.4, 0.5) is 0 Å². The highest BCUT2D eigenvalue weighted by Gasteiger charge is 2.13. The van der Waals surface area contributed by atoms with Crippen molar-refractivity contribution >= 4 is 18.1 Å². The molecule has 0 saturated carbocycles. The lowest BCUT2D eigenvalue weighted by Crippen LogP contribution is -2.17. The van der Waals surface area contributed by atoms with Gasteiger partial charge in [-0.2, -0.15) is 5.10 Å². The van der Waals surface area contributed by atoms with Crippen molar-refractivity contribution in [2.24, 2.45) is 5.10 Å². The molecule has 130 valence electrons. The summed E-state index contributed by atoms with van der Waals surface area (Å²) in [5, 5.41) is 22.6. The van der Waals surface area contributed by atoms with Crippen molar-refractivity contribution in [3.8, 4) is 17.1 Å². The monoisotopic (exact) mass is 350 g/mol. The molecule has 0 aliphatic heterocycles. The zero-order chi connectivity index (χ0) is 18.5. The largest absolute Gasteiger partial charge is 0.507 e. The standard InChI is InChI=1S/C19H14N2O5/c22-16-8-4-3-7-15(16)18(23)21-20-11-12-9-10-17(26-12)13-5-1-2-6-14(13)19(24)25/h1-11,22H,(H,21,23)(H,24,25)/b20-11-. The van der Waals surface area contributed by atoms with Crippen LogP contribution in [0.3, 0.4) is 0 Å². The smallest absolute Gasteiger partial charge is 0.336 e. The highest BCUT2D eigenvalue weighted by Crippen LogP contribution is 2.25. The molecule has 1 heterocycles. The molecule has 7 nitrogen and oxygen atoms in total. The van der Waals surface area contributed by atoms with E-state index in [0.29, 0.717) is 17.1 Å². The number of nitrogens with zero attached hydrogens (tertiary/aromatic N) is 1. The van der Waals surface area contributed by atoms with Crippen LogP contribution in [0, 0.1) is 0 Å². The quantitative estimate of drug-likeness (QED) is 0.483. The first-order valence-corrected chi connectivity index (χ1v) is 7.60. The van der Waals surface area contributed by atoms with Gasteiger partial charge in [-0.15, -0.1) is 0 Å². The first-order valence-electron chi connectivity index (χ1n) is 7.60. The Labute approximate surface area is 148 Å². The summed E-state index contributed by atoms with van der Waals surface area (Å²) in [7, 11) is 0. The van der Waals surface area contributed by atoms with Crippen LogP contribution < -0.4 is 5.43 Å². The molecule has 0 aliphatic rings. The fraction of sp³-hybridized carbons (Fsp3) is 0. The van der Waals surface area contributed by atoms with Gasteiger partial charge in [-0.1, -0.05) is 30.3 Å². The van der Waals surface area contributed by atoms with Crippen molar-refractivity contribution < 1.29 is 24.2 Å². The van der Waals surface area contributed by atoms with Crippen LogP contribution in [0.1, 0.15) is 26.5 Å². The molecule has 0 bridgehead atoms. The van der Waals surface area contributed by atoms with E-state index in [0.717, 1.165) is 0 Å². The van der Waals surface area contributed by atoms with Gasteiger partial charge in [-0.05, 0) is 30.3 Å². The number of carbonyl (C=O) groups excluding carboxylic acids is 1. The van der Waals surface area contributed by atoms with Gasteiger partial charge in [0, 0.05) is 5.56 Å². The molecular weight excluding hydrogens is 336 g/mol. The van der Waals surface area contributed by atoms with Gasteiger partial charge in [0.1, 0.15) is 17.3 Å². The van der Waals surface area contributed by atoms with Gasteiger partial charge in [0.2, 0.25) is 0 Å². The molecule has 0 spiro atoms. The van der Waals surface area contributed by atoms with Crippen LogP contribution in [0.25, 0.3) is 11.3 Å². The summed E-state index contributed by atoms with van der Waals surface area (Å²) in [6.45, 7) is 0. The molecule has 0 aliphatic carbocycles. The Morgan fingerprint density at radius 2 is 1.65 bits per heavy atom. The number of carboxylic acid groups (broad SMARTS) is 1. The van der Waals surface area contributed by atoms with Crippen molar-refractivity contribution in [2.75, 3.05) is 0 Å². The number of hydrogen-bond donors (Lipinski definition) is 3. The molecule has 7 heteroatoms. The minimum absolute atomic E-state index is 0.0974. The number of aromatic hydroxyl groups is 1. The topological polar surface area (TPSA) is 112 Å². The number of nitrogens with one attached hydrogen (secondary N) is 1. The minimum Gasteiger partial charge on any atom is -0.507 e. The number of benzene rings is 2. The van der Waals surface area contributed by atoms with E-state index >= 15 is 0 Å². The average Bonchev–Trinajstić information content (AvgIpc) is 3.10. The highest BCUT2D eigenvalue weighted by atomic mass is 16.4. The number of phenolic OH excluding ortho intramolecular Hbond substituents is 1. The Hall–Kier alpha value is -3.87. The zero-order valence-electron chi connectivity index (χ0n) is 13.4. The number of furan rings is 1. The van der Waals surface area contributed by atoms with Gasteiger partial charge in [0.05, 0.1) is 17.3 Å². The Morgan fingerprint density at radius 1 is 0.962 bits per heavy atom. The van der Waals surface area contributed by atoms with Gasteiger partial charge in [0.15, 0.2) is 0 Å². The first kappa shape index (κ1) is 17.0. The highest BCUT2D eigenvalue weighted by molar-refractivity contribution is 5.97. The van der Waals surface area contributed by atoms with Crippen molar-refractivity contribution in [3.05, 3.63) is 77.6 Å². The molecule has 3 aromatic rings.